The van der Waals surface area contributed by atoms with Gasteiger partial charge in [0.15, 0.2) is 0 Å². The van der Waals surface area contributed by atoms with Crippen molar-refractivity contribution in [3.05, 3.63) is 89.5 Å². The van der Waals surface area contributed by atoms with Crippen molar-refractivity contribution in [1.82, 2.24) is 9.88 Å². The lowest BCUT2D eigenvalue weighted by molar-refractivity contribution is 0.0926. The van der Waals surface area contributed by atoms with Crippen molar-refractivity contribution in [2.45, 2.75) is 23.9 Å². The smallest absolute Gasteiger partial charge is 0.268 e. The van der Waals surface area contributed by atoms with E-state index in [1.54, 1.807) is 17.8 Å². The van der Waals surface area contributed by atoms with Crippen LogP contribution in [0.25, 0.3) is 0 Å². The first-order chi connectivity index (χ1) is 12.7. The second kappa shape index (κ2) is 7.38. The molecule has 1 aliphatic rings. The molecule has 132 valence electrons. The number of carbonyl (C=O) groups is 1. The van der Waals surface area contributed by atoms with Gasteiger partial charge in [0, 0.05) is 23.4 Å². The van der Waals surface area contributed by atoms with Gasteiger partial charge in [0.1, 0.15) is 11.5 Å². The first-order valence-corrected chi connectivity index (χ1v) is 9.61. The minimum Gasteiger partial charge on any atom is -0.344 e. The first-order valence-electron chi connectivity index (χ1n) is 8.63. The van der Waals surface area contributed by atoms with Crippen molar-refractivity contribution in [2.24, 2.45) is 0 Å². The Morgan fingerprint density at radius 3 is 2.85 bits per heavy atom. The summed E-state index contributed by atoms with van der Waals surface area (Å²) >= 11 is 1.71. The molecule has 0 radical (unpaired) electrons. The maximum absolute atomic E-state index is 13.7. The lowest BCUT2D eigenvalue weighted by Gasteiger charge is -2.26. The van der Waals surface area contributed by atoms with E-state index in [4.69, 9.17) is 0 Å². The molecule has 2 aromatic carbocycles. The second-order valence-corrected chi connectivity index (χ2v) is 7.49. The predicted molar refractivity (Wildman–Crippen MR) is 102 cm³/mol. The molecule has 1 N–H and O–H groups in total. The number of thioether (sulfide) groups is 1. The highest BCUT2D eigenvalue weighted by molar-refractivity contribution is 7.99. The zero-order chi connectivity index (χ0) is 17.9. The summed E-state index contributed by atoms with van der Waals surface area (Å²) < 4.78 is 15.6. The van der Waals surface area contributed by atoms with E-state index >= 15 is 0 Å². The van der Waals surface area contributed by atoms with Crippen molar-refractivity contribution in [2.75, 3.05) is 5.75 Å². The van der Waals surface area contributed by atoms with E-state index in [2.05, 4.69) is 5.32 Å². The third-order valence-corrected chi connectivity index (χ3v) is 5.70. The number of nitrogens with one attached hydrogen (secondary N) is 1. The third-order valence-electron chi connectivity index (χ3n) is 4.57. The average Bonchev–Trinajstić information content (AvgIpc) is 3.11. The molecule has 0 unspecified atom stereocenters. The highest BCUT2D eigenvalue weighted by Crippen LogP contribution is 2.36. The molecule has 4 rings (SSSR count). The molecule has 0 saturated carbocycles. The van der Waals surface area contributed by atoms with Gasteiger partial charge in [-0.15, -0.1) is 11.8 Å². The molecule has 1 aromatic heterocycles. The second-order valence-electron chi connectivity index (χ2n) is 6.35. The Hall–Kier alpha value is -2.53. The van der Waals surface area contributed by atoms with Gasteiger partial charge in [0.25, 0.3) is 5.91 Å². The van der Waals surface area contributed by atoms with Crippen LogP contribution in [0, 0.1) is 5.82 Å². The van der Waals surface area contributed by atoms with E-state index < -0.39 is 0 Å². The zero-order valence-electron chi connectivity index (χ0n) is 14.2. The van der Waals surface area contributed by atoms with Crippen LogP contribution in [0.5, 0.6) is 0 Å². The van der Waals surface area contributed by atoms with Crippen LogP contribution in [0.15, 0.2) is 71.8 Å². The molecule has 0 fully saturated rings. The number of carbonyl (C=O) groups excluding carboxylic acids is 1. The van der Waals surface area contributed by atoms with Crippen molar-refractivity contribution in [3.8, 4) is 0 Å². The highest BCUT2D eigenvalue weighted by atomic mass is 32.2. The summed E-state index contributed by atoms with van der Waals surface area (Å²) in [5.41, 5.74) is 2.63. The Kier molecular flexibility index (Phi) is 4.80. The monoisotopic (exact) mass is 366 g/mol. The molecule has 3 aromatic rings. The van der Waals surface area contributed by atoms with Gasteiger partial charge in [-0.1, -0.05) is 30.3 Å². The molecule has 5 heteroatoms. The van der Waals surface area contributed by atoms with Crippen LogP contribution in [-0.2, 0) is 6.54 Å². The Morgan fingerprint density at radius 1 is 1.15 bits per heavy atom. The molecular formula is C21H19FN2OS. The number of hydrogen-bond donors (Lipinski definition) is 1. The number of amides is 1. The largest absolute Gasteiger partial charge is 0.344 e. The lowest BCUT2D eigenvalue weighted by atomic mass is 10.0. The van der Waals surface area contributed by atoms with Crippen molar-refractivity contribution < 1.29 is 9.18 Å². The average molecular weight is 366 g/mol. The molecule has 1 amide bonds. The zero-order valence-corrected chi connectivity index (χ0v) is 15.0. The molecule has 1 atom stereocenters. The number of nitrogens with zero attached hydrogens (tertiary/aromatic N) is 1. The third kappa shape index (κ3) is 3.53. The summed E-state index contributed by atoms with van der Waals surface area (Å²) in [6.07, 6.45) is 2.71. The van der Waals surface area contributed by atoms with Crippen LogP contribution in [-0.4, -0.2) is 16.2 Å². The van der Waals surface area contributed by atoms with E-state index in [1.165, 1.54) is 12.1 Å². The molecule has 0 aliphatic carbocycles. The quantitative estimate of drug-likeness (QED) is 0.730. The normalized spacial score (nSPS) is 16.1. The Labute approximate surface area is 156 Å². The predicted octanol–water partition coefficient (Wildman–Crippen LogP) is 4.64. The lowest BCUT2D eigenvalue weighted by Crippen LogP contribution is -2.32. The van der Waals surface area contributed by atoms with Crippen LogP contribution in [0.3, 0.4) is 0 Å². The van der Waals surface area contributed by atoms with Crippen molar-refractivity contribution in [3.63, 3.8) is 0 Å². The van der Waals surface area contributed by atoms with Crippen LogP contribution in [0.1, 0.15) is 34.1 Å². The van der Waals surface area contributed by atoms with E-state index in [-0.39, 0.29) is 17.8 Å². The number of fused-ring (bicyclic) bond motifs is 1. The molecule has 3 nitrogen and oxygen atoms in total. The van der Waals surface area contributed by atoms with Gasteiger partial charge in [0.2, 0.25) is 0 Å². The van der Waals surface area contributed by atoms with Gasteiger partial charge >= 0.3 is 0 Å². The number of aromatic nitrogens is 1. The van der Waals surface area contributed by atoms with Gasteiger partial charge in [0.05, 0.1) is 6.04 Å². The molecule has 2 heterocycles. The molecule has 1 aliphatic heterocycles. The van der Waals surface area contributed by atoms with Gasteiger partial charge in [-0.05, 0) is 47.9 Å². The topological polar surface area (TPSA) is 34.0 Å². The molecule has 0 spiro atoms. The maximum atomic E-state index is 13.7. The fourth-order valence-electron chi connectivity index (χ4n) is 3.29. The maximum Gasteiger partial charge on any atom is 0.268 e. The molecular weight excluding hydrogens is 347 g/mol. The Balaban J connectivity index is 1.54. The van der Waals surface area contributed by atoms with Crippen molar-refractivity contribution >= 4 is 17.7 Å². The fourth-order valence-corrected chi connectivity index (χ4v) is 4.39. The highest BCUT2D eigenvalue weighted by Gasteiger charge is 2.24. The van der Waals surface area contributed by atoms with Crippen LogP contribution < -0.4 is 5.32 Å². The van der Waals surface area contributed by atoms with E-state index in [0.29, 0.717) is 12.2 Å². The summed E-state index contributed by atoms with van der Waals surface area (Å²) in [6, 6.07) is 18.4. The number of halogens is 1. The molecule has 0 saturated heterocycles. The SMILES string of the molecule is O=C(N[C@@H]1CCSc2ccc(F)cc21)c1cccn1Cc1ccccc1. The Morgan fingerprint density at radius 2 is 2.00 bits per heavy atom. The summed E-state index contributed by atoms with van der Waals surface area (Å²) in [4.78, 5) is 13.9. The first kappa shape index (κ1) is 16.9. The van der Waals surface area contributed by atoms with Gasteiger partial charge in [-0.25, -0.2) is 4.39 Å². The molecule has 26 heavy (non-hydrogen) atoms. The Bertz CT molecular complexity index is 923. The summed E-state index contributed by atoms with van der Waals surface area (Å²) in [5, 5.41) is 3.09. The minimum absolute atomic E-state index is 0.127. The summed E-state index contributed by atoms with van der Waals surface area (Å²) in [7, 11) is 0. The van der Waals surface area contributed by atoms with E-state index in [1.807, 2.05) is 53.2 Å². The van der Waals surface area contributed by atoms with Crippen molar-refractivity contribution in [1.29, 1.82) is 0 Å². The number of hydrogen-bond acceptors (Lipinski definition) is 2. The summed E-state index contributed by atoms with van der Waals surface area (Å²) in [6.45, 7) is 0.641. The van der Waals surface area contributed by atoms with E-state index in [9.17, 15) is 9.18 Å². The van der Waals surface area contributed by atoms with Gasteiger partial charge in [-0.2, -0.15) is 0 Å². The number of benzene rings is 2. The van der Waals surface area contributed by atoms with Crippen LogP contribution in [0.2, 0.25) is 0 Å². The van der Waals surface area contributed by atoms with Crippen LogP contribution >= 0.6 is 11.8 Å². The standard InChI is InChI=1S/C21H19FN2OS/c22-16-8-9-20-17(13-16)18(10-12-26-20)23-21(25)19-7-4-11-24(19)14-15-5-2-1-3-6-15/h1-9,11,13,18H,10,12,14H2,(H,23,25)/t18-/m1/s1. The van der Waals surface area contributed by atoms with Gasteiger partial charge in [-0.3, -0.25) is 4.79 Å². The van der Waals surface area contributed by atoms with E-state index in [0.717, 1.165) is 28.2 Å². The minimum atomic E-state index is -0.266. The molecule has 0 bridgehead atoms. The van der Waals surface area contributed by atoms with Gasteiger partial charge < -0.3 is 9.88 Å². The fraction of sp³-hybridized carbons (Fsp3) is 0.190. The number of rotatable bonds is 4. The summed E-state index contributed by atoms with van der Waals surface area (Å²) in [5.74, 6) is 0.519. The van der Waals surface area contributed by atoms with Crippen LogP contribution in [0.4, 0.5) is 4.39 Å².